The number of hydrogen-bond donors (Lipinski definition) is 2. The summed E-state index contributed by atoms with van der Waals surface area (Å²) in [6.45, 7) is 5.32. The average Bonchev–Trinajstić information content (AvgIpc) is 2.47. The van der Waals surface area contributed by atoms with Gasteiger partial charge in [-0.15, -0.1) is 0 Å². The molecule has 0 aliphatic carbocycles. The van der Waals surface area contributed by atoms with Crippen LogP contribution in [-0.4, -0.2) is 22.4 Å². The van der Waals surface area contributed by atoms with Gasteiger partial charge < -0.3 is 15.4 Å². The van der Waals surface area contributed by atoms with Crippen molar-refractivity contribution in [1.29, 1.82) is 0 Å². The van der Waals surface area contributed by atoms with Gasteiger partial charge in [-0.2, -0.15) is 0 Å². The number of carbonyl (C=O) groups is 2. The Morgan fingerprint density at radius 2 is 1.96 bits per heavy atom. The molecule has 1 atom stereocenters. The molecule has 3 rings (SSSR count). The summed E-state index contributed by atoms with van der Waals surface area (Å²) in [5, 5.41) is 5.35. The number of nitrogens with zero attached hydrogens (tertiary/aromatic N) is 1. The van der Waals surface area contributed by atoms with Gasteiger partial charge in [0.05, 0.1) is 0 Å². The van der Waals surface area contributed by atoms with E-state index < -0.39 is 17.4 Å². The van der Waals surface area contributed by atoms with Crippen molar-refractivity contribution >= 4 is 23.3 Å². The van der Waals surface area contributed by atoms with Crippen molar-refractivity contribution in [3.05, 3.63) is 47.7 Å². The molecular formula is C17H17N3O3. The van der Waals surface area contributed by atoms with E-state index in [-0.39, 0.29) is 0 Å². The molecule has 6 nitrogen and oxygen atoms in total. The smallest absolute Gasteiger partial charge is 0.279 e. The topological polar surface area (TPSA) is 80.3 Å². The summed E-state index contributed by atoms with van der Waals surface area (Å²) in [6.07, 6.45) is 1.54. The van der Waals surface area contributed by atoms with E-state index in [0.29, 0.717) is 17.3 Å². The summed E-state index contributed by atoms with van der Waals surface area (Å²) in [7, 11) is 0. The third-order valence-electron chi connectivity index (χ3n) is 3.66. The number of ether oxygens (including phenoxy) is 1. The summed E-state index contributed by atoms with van der Waals surface area (Å²) in [5.74, 6) is -0.403. The van der Waals surface area contributed by atoms with Crippen LogP contribution in [0.1, 0.15) is 18.1 Å². The zero-order valence-electron chi connectivity index (χ0n) is 13.1. The molecule has 0 saturated carbocycles. The molecule has 0 bridgehead atoms. The van der Waals surface area contributed by atoms with Crippen molar-refractivity contribution in [3.8, 4) is 5.75 Å². The second-order valence-corrected chi connectivity index (χ2v) is 5.77. The van der Waals surface area contributed by atoms with Gasteiger partial charge in [0.2, 0.25) is 0 Å². The molecule has 1 aliphatic rings. The van der Waals surface area contributed by atoms with Crippen LogP contribution in [0.25, 0.3) is 0 Å². The van der Waals surface area contributed by atoms with Crippen LogP contribution in [0.3, 0.4) is 0 Å². The molecule has 0 fully saturated rings. The molecule has 0 radical (unpaired) electrons. The quantitative estimate of drug-likeness (QED) is 0.835. The molecule has 0 unspecified atom stereocenters. The number of nitrogens with one attached hydrogen (secondary N) is 2. The first-order chi connectivity index (χ1) is 10.9. The van der Waals surface area contributed by atoms with E-state index in [1.54, 1.807) is 18.3 Å². The maximum absolute atomic E-state index is 12.6. The Kier molecular flexibility index (Phi) is 3.52. The summed E-state index contributed by atoms with van der Waals surface area (Å²) in [4.78, 5) is 28.9. The van der Waals surface area contributed by atoms with Crippen LogP contribution in [0, 0.1) is 13.8 Å². The lowest BCUT2D eigenvalue weighted by Gasteiger charge is -2.32. The van der Waals surface area contributed by atoms with Crippen molar-refractivity contribution in [3.63, 3.8) is 0 Å². The van der Waals surface area contributed by atoms with E-state index in [2.05, 4.69) is 15.6 Å². The summed E-state index contributed by atoms with van der Waals surface area (Å²) in [6, 6.07) is 9.01. The first-order valence-electron chi connectivity index (χ1n) is 7.24. The molecule has 2 amide bonds. The monoisotopic (exact) mass is 311 g/mol. The van der Waals surface area contributed by atoms with Crippen LogP contribution in [0.4, 0.5) is 11.5 Å². The highest BCUT2D eigenvalue weighted by Crippen LogP contribution is 2.32. The van der Waals surface area contributed by atoms with Crippen molar-refractivity contribution in [2.24, 2.45) is 0 Å². The number of benzene rings is 1. The predicted molar refractivity (Wildman–Crippen MR) is 86.4 cm³/mol. The zero-order chi connectivity index (χ0) is 16.6. The third-order valence-corrected chi connectivity index (χ3v) is 3.66. The number of aryl methyl sites for hydroxylation is 2. The second kappa shape index (κ2) is 5.39. The highest BCUT2D eigenvalue weighted by molar-refractivity contribution is 6.18. The van der Waals surface area contributed by atoms with E-state index in [0.717, 1.165) is 11.1 Å². The van der Waals surface area contributed by atoms with E-state index in [1.807, 2.05) is 32.0 Å². The van der Waals surface area contributed by atoms with Gasteiger partial charge in [-0.05, 0) is 56.2 Å². The van der Waals surface area contributed by atoms with E-state index in [4.69, 9.17) is 4.74 Å². The Hall–Kier alpha value is -2.89. The van der Waals surface area contributed by atoms with Crippen LogP contribution in [0.2, 0.25) is 0 Å². The van der Waals surface area contributed by atoms with Gasteiger partial charge in [0, 0.05) is 11.9 Å². The molecule has 0 spiro atoms. The number of pyridine rings is 1. The maximum Gasteiger partial charge on any atom is 0.279 e. The van der Waals surface area contributed by atoms with Crippen LogP contribution >= 0.6 is 0 Å². The number of aromatic nitrogens is 1. The third kappa shape index (κ3) is 2.75. The number of fused-ring (bicyclic) bond motifs is 1. The minimum Gasteiger partial charge on any atom is -0.464 e. The number of hydrogen-bond acceptors (Lipinski definition) is 4. The Balaban J connectivity index is 1.88. The summed E-state index contributed by atoms with van der Waals surface area (Å²) in [5.41, 5.74) is 1.01. The fourth-order valence-electron chi connectivity index (χ4n) is 2.51. The first-order valence-corrected chi connectivity index (χ1v) is 7.24. The molecule has 1 aromatic carbocycles. The van der Waals surface area contributed by atoms with Crippen LogP contribution in [0.5, 0.6) is 5.75 Å². The lowest BCUT2D eigenvalue weighted by molar-refractivity contribution is -0.143. The molecule has 1 aliphatic heterocycles. The van der Waals surface area contributed by atoms with Gasteiger partial charge in [0.1, 0.15) is 0 Å². The molecule has 2 heterocycles. The standard InChI is InChI=1S/C17H17N3O3/c1-10-7-11(2)9-12(8-10)19-15(21)17(3)16(22)20-14-13(23-17)5-4-6-18-14/h4-9H,1-3H3,(H,19,21)(H,18,20,22)/t17-/m1/s1. The van der Waals surface area contributed by atoms with Crippen LogP contribution in [-0.2, 0) is 9.59 Å². The molecule has 6 heteroatoms. The largest absolute Gasteiger partial charge is 0.464 e. The molecule has 1 aromatic heterocycles. The minimum absolute atomic E-state index is 0.314. The molecule has 118 valence electrons. The number of anilines is 2. The highest BCUT2D eigenvalue weighted by atomic mass is 16.5. The second-order valence-electron chi connectivity index (χ2n) is 5.77. The Morgan fingerprint density at radius 1 is 1.26 bits per heavy atom. The lowest BCUT2D eigenvalue weighted by atomic mass is 10.0. The van der Waals surface area contributed by atoms with Crippen molar-refractivity contribution in [1.82, 2.24) is 4.98 Å². The molecule has 2 N–H and O–H groups in total. The molecule has 0 saturated heterocycles. The zero-order valence-corrected chi connectivity index (χ0v) is 13.1. The molecule has 23 heavy (non-hydrogen) atoms. The first kappa shape index (κ1) is 15.0. The SMILES string of the molecule is Cc1cc(C)cc(NC(=O)[C@@]2(C)Oc3cccnc3NC2=O)c1. The number of carbonyl (C=O) groups excluding carboxylic acids is 2. The van der Waals surface area contributed by atoms with E-state index in [1.165, 1.54) is 6.92 Å². The summed E-state index contributed by atoms with van der Waals surface area (Å²) >= 11 is 0. The maximum atomic E-state index is 12.6. The lowest BCUT2D eigenvalue weighted by Crippen LogP contribution is -2.56. The van der Waals surface area contributed by atoms with Gasteiger partial charge >= 0.3 is 0 Å². The minimum atomic E-state index is -1.66. The fourth-order valence-corrected chi connectivity index (χ4v) is 2.51. The van der Waals surface area contributed by atoms with Gasteiger partial charge in [-0.1, -0.05) is 6.07 Å². The number of rotatable bonds is 2. The summed E-state index contributed by atoms with van der Waals surface area (Å²) < 4.78 is 5.64. The van der Waals surface area contributed by atoms with E-state index in [9.17, 15) is 9.59 Å². The average molecular weight is 311 g/mol. The van der Waals surface area contributed by atoms with E-state index >= 15 is 0 Å². The van der Waals surface area contributed by atoms with Crippen molar-refractivity contribution in [2.75, 3.05) is 10.6 Å². The molecule has 2 aromatic rings. The molecular weight excluding hydrogens is 294 g/mol. The predicted octanol–water partition coefficient (Wildman–Crippen LogP) is 2.43. The fraction of sp³-hybridized carbons (Fsp3) is 0.235. The van der Waals surface area contributed by atoms with Crippen LogP contribution < -0.4 is 15.4 Å². The van der Waals surface area contributed by atoms with Gasteiger partial charge in [-0.25, -0.2) is 4.98 Å². The Morgan fingerprint density at radius 3 is 2.65 bits per heavy atom. The normalized spacial score (nSPS) is 19.3. The highest BCUT2D eigenvalue weighted by Gasteiger charge is 2.47. The Bertz CT molecular complexity index is 783. The Labute approximate surface area is 133 Å². The van der Waals surface area contributed by atoms with Gasteiger partial charge in [-0.3, -0.25) is 9.59 Å². The number of amides is 2. The van der Waals surface area contributed by atoms with Crippen molar-refractivity contribution < 1.29 is 14.3 Å². The van der Waals surface area contributed by atoms with Gasteiger partial charge in [0.15, 0.2) is 11.6 Å². The van der Waals surface area contributed by atoms with Crippen molar-refractivity contribution in [2.45, 2.75) is 26.4 Å². The van der Waals surface area contributed by atoms with Gasteiger partial charge in [0.25, 0.3) is 17.4 Å². The van der Waals surface area contributed by atoms with Crippen LogP contribution in [0.15, 0.2) is 36.5 Å².